The van der Waals surface area contributed by atoms with E-state index in [9.17, 15) is 14.9 Å². The quantitative estimate of drug-likeness (QED) is 0.579. The molecule has 0 fully saturated rings. The Morgan fingerprint density at radius 3 is 2.42 bits per heavy atom. The zero-order valence-electron chi connectivity index (χ0n) is 12.4. The lowest BCUT2D eigenvalue weighted by molar-refractivity contribution is -0.384. The van der Waals surface area contributed by atoms with Crippen molar-refractivity contribution in [3.05, 3.63) is 82.5 Å². The predicted molar refractivity (Wildman–Crippen MR) is 88.7 cm³/mol. The van der Waals surface area contributed by atoms with Crippen molar-refractivity contribution in [3.63, 3.8) is 0 Å². The topological polar surface area (TPSA) is 93.3 Å². The Kier molecular flexibility index (Phi) is 4.03. The number of nitro benzene ring substituents is 1. The van der Waals surface area contributed by atoms with E-state index >= 15 is 0 Å². The lowest BCUT2D eigenvalue weighted by atomic mass is 10.00. The van der Waals surface area contributed by atoms with E-state index in [1.165, 1.54) is 24.4 Å². The highest BCUT2D eigenvalue weighted by Crippen LogP contribution is 2.33. The van der Waals surface area contributed by atoms with E-state index in [1.807, 2.05) is 18.2 Å². The Bertz CT molecular complexity index is 923. The molecule has 118 valence electrons. The fourth-order valence-electron chi connectivity index (χ4n) is 2.43. The summed E-state index contributed by atoms with van der Waals surface area (Å²) in [6, 6.07) is 16.6. The summed E-state index contributed by atoms with van der Waals surface area (Å²) in [5.74, 6) is -1.07. The Labute approximate surface area is 137 Å². The van der Waals surface area contributed by atoms with Crippen molar-refractivity contribution in [3.8, 4) is 22.4 Å². The number of aromatic carboxylic acids is 1. The molecule has 1 aromatic heterocycles. The molecule has 1 heterocycles. The summed E-state index contributed by atoms with van der Waals surface area (Å²) in [6.45, 7) is 0. The average molecular weight is 320 g/mol. The normalized spacial score (nSPS) is 10.3. The van der Waals surface area contributed by atoms with Crippen LogP contribution in [0.1, 0.15) is 10.4 Å². The van der Waals surface area contributed by atoms with Gasteiger partial charge in [0.2, 0.25) is 0 Å². The molecule has 0 radical (unpaired) electrons. The Hall–Kier alpha value is -3.54. The van der Waals surface area contributed by atoms with Gasteiger partial charge in [0.1, 0.15) is 0 Å². The second-order valence-corrected chi connectivity index (χ2v) is 5.09. The number of nitrogens with zero attached hydrogens (tertiary/aromatic N) is 2. The summed E-state index contributed by atoms with van der Waals surface area (Å²) in [5, 5.41) is 20.5. The third-order valence-corrected chi connectivity index (χ3v) is 3.58. The van der Waals surface area contributed by atoms with Crippen LogP contribution in [0, 0.1) is 10.1 Å². The van der Waals surface area contributed by atoms with E-state index in [1.54, 1.807) is 24.3 Å². The van der Waals surface area contributed by atoms with E-state index in [4.69, 9.17) is 5.11 Å². The number of aromatic nitrogens is 1. The van der Waals surface area contributed by atoms with Gasteiger partial charge in [-0.25, -0.2) is 4.79 Å². The second-order valence-electron chi connectivity index (χ2n) is 5.09. The first-order valence-corrected chi connectivity index (χ1v) is 7.10. The summed E-state index contributed by atoms with van der Waals surface area (Å²) < 4.78 is 0. The van der Waals surface area contributed by atoms with E-state index in [2.05, 4.69) is 4.98 Å². The third kappa shape index (κ3) is 2.98. The standard InChI is InChI=1S/C18H12N2O4/c21-18(22)14-8-9-19-16(10-14)13-6-7-15(17(11-13)20(23)24)12-4-2-1-3-5-12/h1-11H,(H,21,22). The molecule has 0 spiro atoms. The number of carbonyl (C=O) groups is 1. The van der Waals surface area contributed by atoms with Gasteiger partial charge >= 0.3 is 5.97 Å². The second kappa shape index (κ2) is 6.29. The molecule has 0 aliphatic heterocycles. The number of benzene rings is 2. The van der Waals surface area contributed by atoms with Crippen molar-refractivity contribution in [1.82, 2.24) is 4.98 Å². The van der Waals surface area contributed by atoms with Crippen molar-refractivity contribution in [2.24, 2.45) is 0 Å². The molecule has 0 unspecified atom stereocenters. The zero-order valence-corrected chi connectivity index (χ0v) is 12.4. The Balaban J connectivity index is 2.12. The highest BCUT2D eigenvalue weighted by atomic mass is 16.6. The third-order valence-electron chi connectivity index (χ3n) is 3.58. The van der Waals surface area contributed by atoms with Crippen molar-refractivity contribution in [2.75, 3.05) is 0 Å². The van der Waals surface area contributed by atoms with Crippen molar-refractivity contribution >= 4 is 11.7 Å². The van der Waals surface area contributed by atoms with Crippen molar-refractivity contribution in [2.45, 2.75) is 0 Å². The Morgan fingerprint density at radius 2 is 1.75 bits per heavy atom. The van der Waals surface area contributed by atoms with E-state index in [0.29, 0.717) is 16.8 Å². The van der Waals surface area contributed by atoms with Gasteiger partial charge in [-0.3, -0.25) is 15.1 Å². The maximum Gasteiger partial charge on any atom is 0.335 e. The van der Waals surface area contributed by atoms with Gasteiger partial charge in [-0.2, -0.15) is 0 Å². The maximum absolute atomic E-state index is 11.4. The molecular weight excluding hydrogens is 308 g/mol. The first kappa shape index (κ1) is 15.4. The molecule has 24 heavy (non-hydrogen) atoms. The largest absolute Gasteiger partial charge is 0.478 e. The van der Waals surface area contributed by atoms with Gasteiger partial charge in [-0.1, -0.05) is 36.4 Å². The van der Waals surface area contributed by atoms with Crippen LogP contribution in [-0.2, 0) is 0 Å². The molecule has 3 rings (SSSR count). The SMILES string of the molecule is O=C(O)c1ccnc(-c2ccc(-c3ccccc3)c([N+](=O)[O-])c2)c1. The number of carboxylic acids is 1. The van der Waals surface area contributed by atoms with Gasteiger partial charge in [0.25, 0.3) is 5.69 Å². The highest BCUT2D eigenvalue weighted by molar-refractivity contribution is 5.89. The van der Waals surface area contributed by atoms with Crippen LogP contribution >= 0.6 is 0 Å². The summed E-state index contributed by atoms with van der Waals surface area (Å²) >= 11 is 0. The van der Waals surface area contributed by atoms with Crippen LogP contribution in [0.2, 0.25) is 0 Å². The van der Waals surface area contributed by atoms with Crippen LogP contribution in [0.3, 0.4) is 0 Å². The lowest BCUT2D eigenvalue weighted by Crippen LogP contribution is -1.98. The van der Waals surface area contributed by atoms with Gasteiger partial charge in [-0.15, -0.1) is 0 Å². The van der Waals surface area contributed by atoms with Gasteiger partial charge in [0.15, 0.2) is 0 Å². The summed E-state index contributed by atoms with van der Waals surface area (Å²) in [5.41, 5.74) is 2.12. The molecular formula is C18H12N2O4. The lowest BCUT2D eigenvalue weighted by Gasteiger charge is -2.07. The van der Waals surface area contributed by atoms with Gasteiger partial charge in [-0.05, 0) is 23.8 Å². The molecule has 0 amide bonds. The number of rotatable bonds is 4. The van der Waals surface area contributed by atoms with Crippen LogP contribution < -0.4 is 0 Å². The smallest absolute Gasteiger partial charge is 0.335 e. The molecule has 0 aliphatic carbocycles. The van der Waals surface area contributed by atoms with E-state index in [-0.39, 0.29) is 11.3 Å². The molecule has 0 aliphatic rings. The number of nitro groups is 1. The van der Waals surface area contributed by atoms with Crippen molar-refractivity contribution < 1.29 is 14.8 Å². The predicted octanol–water partition coefficient (Wildman–Crippen LogP) is 4.02. The monoisotopic (exact) mass is 320 g/mol. The maximum atomic E-state index is 11.4. The minimum absolute atomic E-state index is 0.0544. The van der Waals surface area contributed by atoms with Crippen LogP contribution in [0.25, 0.3) is 22.4 Å². The summed E-state index contributed by atoms with van der Waals surface area (Å²) in [4.78, 5) is 26.2. The summed E-state index contributed by atoms with van der Waals surface area (Å²) in [7, 11) is 0. The van der Waals surface area contributed by atoms with Gasteiger partial charge < -0.3 is 5.11 Å². The fraction of sp³-hybridized carbons (Fsp3) is 0. The molecule has 0 atom stereocenters. The fourth-order valence-corrected chi connectivity index (χ4v) is 2.43. The van der Waals surface area contributed by atoms with Crippen LogP contribution in [0.15, 0.2) is 66.9 Å². The molecule has 0 saturated carbocycles. The number of pyridine rings is 1. The van der Waals surface area contributed by atoms with E-state index < -0.39 is 10.9 Å². The molecule has 0 saturated heterocycles. The van der Waals surface area contributed by atoms with E-state index in [0.717, 1.165) is 5.56 Å². The molecule has 6 heteroatoms. The first-order valence-electron chi connectivity index (χ1n) is 7.10. The first-order chi connectivity index (χ1) is 11.6. The highest BCUT2D eigenvalue weighted by Gasteiger charge is 2.17. The zero-order chi connectivity index (χ0) is 17.1. The van der Waals surface area contributed by atoms with Crippen LogP contribution in [-0.4, -0.2) is 21.0 Å². The molecule has 0 bridgehead atoms. The van der Waals surface area contributed by atoms with Crippen LogP contribution in [0.5, 0.6) is 0 Å². The number of hydrogen-bond donors (Lipinski definition) is 1. The molecule has 1 N–H and O–H groups in total. The van der Waals surface area contributed by atoms with Crippen molar-refractivity contribution in [1.29, 1.82) is 0 Å². The average Bonchev–Trinajstić information content (AvgIpc) is 2.62. The number of hydrogen-bond acceptors (Lipinski definition) is 4. The summed E-state index contributed by atoms with van der Waals surface area (Å²) in [6.07, 6.45) is 1.37. The molecule has 2 aromatic carbocycles. The minimum Gasteiger partial charge on any atom is -0.478 e. The van der Waals surface area contributed by atoms with Gasteiger partial charge in [0, 0.05) is 17.8 Å². The molecule has 3 aromatic rings. The minimum atomic E-state index is -1.07. The number of carboxylic acid groups (broad SMARTS) is 1. The van der Waals surface area contributed by atoms with Gasteiger partial charge in [0.05, 0.1) is 21.7 Å². The molecule has 6 nitrogen and oxygen atoms in total. The van der Waals surface area contributed by atoms with Crippen LogP contribution in [0.4, 0.5) is 5.69 Å². The Morgan fingerprint density at radius 1 is 1.00 bits per heavy atom.